The van der Waals surface area contributed by atoms with E-state index in [1.165, 1.54) is 0 Å². The average Bonchev–Trinajstić information content (AvgIpc) is 2.16. The van der Waals surface area contributed by atoms with Gasteiger partial charge < -0.3 is 0 Å². The van der Waals surface area contributed by atoms with E-state index < -0.39 is 5.50 Å². The molecule has 1 unspecified atom stereocenters. The first-order chi connectivity index (χ1) is 5.83. The van der Waals surface area contributed by atoms with Crippen LogP contribution < -0.4 is 0 Å². The SMILES string of the molecule is N#CC(Cl)N=Nc1ccccc1. The third kappa shape index (κ3) is 2.69. The third-order valence-electron chi connectivity index (χ3n) is 1.14. The zero-order chi connectivity index (χ0) is 8.81. The smallest absolute Gasteiger partial charge is 0.194 e. The van der Waals surface area contributed by atoms with Gasteiger partial charge in [0, 0.05) is 0 Å². The molecule has 0 heterocycles. The average molecular weight is 180 g/mol. The molecule has 0 amide bonds. The molecule has 0 N–H and O–H groups in total. The van der Waals surface area contributed by atoms with Crippen molar-refractivity contribution in [2.75, 3.05) is 0 Å². The summed E-state index contributed by atoms with van der Waals surface area (Å²) in [6, 6.07) is 10.9. The van der Waals surface area contributed by atoms with Gasteiger partial charge in [0.05, 0.1) is 5.69 Å². The minimum Gasteiger partial charge on any atom is -0.194 e. The van der Waals surface area contributed by atoms with Gasteiger partial charge in [0.2, 0.25) is 5.50 Å². The van der Waals surface area contributed by atoms with E-state index in [0.29, 0.717) is 5.69 Å². The van der Waals surface area contributed by atoms with Gasteiger partial charge in [-0.25, -0.2) is 0 Å². The van der Waals surface area contributed by atoms with Crippen molar-refractivity contribution in [3.05, 3.63) is 30.3 Å². The lowest BCUT2D eigenvalue weighted by Gasteiger charge is -1.89. The van der Waals surface area contributed by atoms with Crippen LogP contribution in [0.5, 0.6) is 0 Å². The molecule has 0 aliphatic rings. The molecule has 0 radical (unpaired) electrons. The number of hydrogen-bond acceptors (Lipinski definition) is 3. The van der Waals surface area contributed by atoms with Crippen LogP contribution in [0.3, 0.4) is 0 Å². The summed E-state index contributed by atoms with van der Waals surface area (Å²) in [5.74, 6) is 0. The lowest BCUT2D eigenvalue weighted by Crippen LogP contribution is -1.83. The quantitative estimate of drug-likeness (QED) is 0.391. The molecule has 4 heteroatoms. The minimum absolute atomic E-state index is 0.693. The molecule has 3 nitrogen and oxygen atoms in total. The molecular formula is C8H6ClN3. The number of halogens is 1. The maximum Gasteiger partial charge on any atom is 0.230 e. The number of rotatable bonds is 2. The Bertz CT molecular complexity index is 302. The van der Waals surface area contributed by atoms with Gasteiger partial charge in [-0.05, 0) is 12.1 Å². The van der Waals surface area contributed by atoms with Gasteiger partial charge in [-0.1, -0.05) is 29.8 Å². The summed E-state index contributed by atoms with van der Waals surface area (Å²) in [5.41, 5.74) is -0.205. The molecule has 0 saturated carbocycles. The van der Waals surface area contributed by atoms with Crippen LogP contribution >= 0.6 is 11.6 Å². The second-order valence-electron chi connectivity index (χ2n) is 2.02. The van der Waals surface area contributed by atoms with Crippen molar-refractivity contribution < 1.29 is 0 Å². The van der Waals surface area contributed by atoms with E-state index >= 15 is 0 Å². The molecule has 60 valence electrons. The van der Waals surface area contributed by atoms with Gasteiger partial charge >= 0.3 is 0 Å². The summed E-state index contributed by atoms with van der Waals surface area (Å²) in [5, 5.41) is 15.6. The van der Waals surface area contributed by atoms with Crippen molar-refractivity contribution in [1.29, 1.82) is 5.26 Å². The Morgan fingerprint density at radius 3 is 2.58 bits per heavy atom. The van der Waals surface area contributed by atoms with Crippen LogP contribution in [0.1, 0.15) is 0 Å². The van der Waals surface area contributed by atoms with E-state index in [1.54, 1.807) is 18.2 Å². The highest BCUT2D eigenvalue weighted by Crippen LogP contribution is 2.11. The zero-order valence-corrected chi connectivity index (χ0v) is 6.94. The molecule has 0 spiro atoms. The highest BCUT2D eigenvalue weighted by atomic mass is 35.5. The van der Waals surface area contributed by atoms with Crippen molar-refractivity contribution in [1.82, 2.24) is 0 Å². The van der Waals surface area contributed by atoms with Crippen LogP contribution in [-0.4, -0.2) is 5.50 Å². The van der Waals surface area contributed by atoms with E-state index in [-0.39, 0.29) is 0 Å². The molecule has 1 rings (SSSR count). The van der Waals surface area contributed by atoms with Crippen LogP contribution in [0.25, 0.3) is 0 Å². The summed E-state index contributed by atoms with van der Waals surface area (Å²) in [4.78, 5) is 0. The zero-order valence-electron chi connectivity index (χ0n) is 6.18. The fraction of sp³-hybridized carbons (Fsp3) is 0.125. The Morgan fingerprint density at radius 1 is 1.33 bits per heavy atom. The summed E-state index contributed by atoms with van der Waals surface area (Å²) < 4.78 is 0. The number of hydrogen-bond donors (Lipinski definition) is 0. The molecule has 0 aromatic heterocycles. The minimum atomic E-state index is -0.898. The van der Waals surface area contributed by atoms with Crippen LogP contribution in [0.4, 0.5) is 5.69 Å². The van der Waals surface area contributed by atoms with E-state index in [4.69, 9.17) is 16.9 Å². The van der Waals surface area contributed by atoms with Crippen molar-refractivity contribution in [3.8, 4) is 6.07 Å². The first-order valence-corrected chi connectivity index (χ1v) is 3.76. The molecule has 0 fully saturated rings. The highest BCUT2D eigenvalue weighted by Gasteiger charge is 1.95. The Labute approximate surface area is 75.3 Å². The van der Waals surface area contributed by atoms with Gasteiger partial charge in [-0.15, -0.1) is 0 Å². The second kappa shape index (κ2) is 4.47. The normalized spacial score (nSPS) is 12.7. The first kappa shape index (κ1) is 8.69. The predicted molar refractivity (Wildman–Crippen MR) is 46.2 cm³/mol. The molecular weight excluding hydrogens is 174 g/mol. The lowest BCUT2D eigenvalue weighted by molar-refractivity contribution is 1.01. The van der Waals surface area contributed by atoms with Gasteiger partial charge in [0.1, 0.15) is 6.07 Å². The van der Waals surface area contributed by atoms with Crippen LogP contribution in [0, 0.1) is 11.3 Å². The van der Waals surface area contributed by atoms with E-state index in [2.05, 4.69) is 10.2 Å². The maximum absolute atomic E-state index is 8.28. The van der Waals surface area contributed by atoms with E-state index in [0.717, 1.165) is 0 Å². The standard InChI is InChI=1S/C8H6ClN3/c9-8(6-10)12-11-7-4-2-1-3-5-7/h1-5,8H. The van der Waals surface area contributed by atoms with Gasteiger partial charge in [-0.3, -0.25) is 0 Å². The lowest BCUT2D eigenvalue weighted by atomic mass is 10.3. The summed E-state index contributed by atoms with van der Waals surface area (Å²) >= 11 is 5.39. The number of alkyl halides is 1. The molecule has 0 aliphatic heterocycles. The fourth-order valence-electron chi connectivity index (χ4n) is 0.638. The topological polar surface area (TPSA) is 48.5 Å². The van der Waals surface area contributed by atoms with E-state index in [9.17, 15) is 0 Å². The van der Waals surface area contributed by atoms with Gasteiger partial charge in [-0.2, -0.15) is 15.5 Å². The van der Waals surface area contributed by atoms with Crippen molar-refractivity contribution >= 4 is 17.3 Å². The number of azo groups is 1. The maximum atomic E-state index is 8.28. The third-order valence-corrected chi connectivity index (χ3v) is 1.32. The Balaban J connectivity index is 2.65. The number of nitrogens with zero attached hydrogens (tertiary/aromatic N) is 3. The Morgan fingerprint density at radius 2 is 2.00 bits per heavy atom. The molecule has 0 bridgehead atoms. The largest absolute Gasteiger partial charge is 0.230 e. The Kier molecular flexibility index (Phi) is 3.24. The molecule has 1 aromatic carbocycles. The van der Waals surface area contributed by atoms with Crippen molar-refractivity contribution in [3.63, 3.8) is 0 Å². The van der Waals surface area contributed by atoms with Crippen molar-refractivity contribution in [2.24, 2.45) is 10.2 Å². The summed E-state index contributed by atoms with van der Waals surface area (Å²) in [7, 11) is 0. The van der Waals surface area contributed by atoms with E-state index in [1.807, 2.05) is 18.2 Å². The fourth-order valence-corrected chi connectivity index (χ4v) is 0.681. The summed E-state index contributed by atoms with van der Waals surface area (Å²) in [6.07, 6.45) is 0. The molecule has 12 heavy (non-hydrogen) atoms. The summed E-state index contributed by atoms with van der Waals surface area (Å²) in [6.45, 7) is 0. The molecule has 0 aliphatic carbocycles. The van der Waals surface area contributed by atoms with Crippen LogP contribution in [0.2, 0.25) is 0 Å². The monoisotopic (exact) mass is 179 g/mol. The van der Waals surface area contributed by atoms with Crippen molar-refractivity contribution in [2.45, 2.75) is 5.50 Å². The number of benzene rings is 1. The van der Waals surface area contributed by atoms with Crippen LogP contribution in [-0.2, 0) is 0 Å². The molecule has 1 atom stereocenters. The van der Waals surface area contributed by atoms with Gasteiger partial charge in [0.15, 0.2) is 0 Å². The number of nitriles is 1. The first-order valence-electron chi connectivity index (χ1n) is 3.32. The molecule has 0 saturated heterocycles. The predicted octanol–water partition coefficient (Wildman–Crippen LogP) is 2.86. The molecule has 1 aromatic rings. The second-order valence-corrected chi connectivity index (χ2v) is 2.43. The Hall–Kier alpha value is -1.40. The van der Waals surface area contributed by atoms with Crippen LogP contribution in [0.15, 0.2) is 40.6 Å². The highest BCUT2D eigenvalue weighted by molar-refractivity contribution is 6.22. The van der Waals surface area contributed by atoms with Gasteiger partial charge in [0.25, 0.3) is 0 Å².